The summed E-state index contributed by atoms with van der Waals surface area (Å²) in [5, 5.41) is 19.2. The molecule has 1 aromatic carbocycles. The molecule has 5 aromatic rings. The number of hydrogen-bond acceptors (Lipinski definition) is 8. The van der Waals surface area contributed by atoms with E-state index in [0.29, 0.717) is 29.0 Å². The summed E-state index contributed by atoms with van der Waals surface area (Å²) in [6, 6.07) is 6.26. The van der Waals surface area contributed by atoms with Crippen LogP contribution in [0.2, 0.25) is 0 Å². The van der Waals surface area contributed by atoms with E-state index >= 15 is 8.78 Å². The molecule has 0 saturated carbocycles. The Labute approximate surface area is 219 Å². The van der Waals surface area contributed by atoms with Crippen LogP contribution in [-0.4, -0.2) is 39.5 Å². The SMILES string of the molecule is Cc1cnc(Nc2nncs2)nc1-c1cc2n(c1)C[C@H](C)n1c-2nnc1C(F)(F)c1ccccc1F.S. The minimum Gasteiger partial charge on any atom is -0.342 e. The first-order chi connectivity index (χ1) is 17.3. The molecule has 0 aliphatic carbocycles. The topological polar surface area (TPSA) is 99.2 Å². The van der Waals surface area contributed by atoms with Crippen LogP contribution in [0.15, 0.2) is 48.2 Å². The van der Waals surface area contributed by atoms with E-state index in [4.69, 9.17) is 0 Å². The van der Waals surface area contributed by atoms with Gasteiger partial charge in [0, 0.05) is 24.5 Å². The first-order valence-electron chi connectivity index (χ1n) is 11.0. The van der Waals surface area contributed by atoms with Crippen molar-refractivity contribution in [2.75, 3.05) is 5.32 Å². The van der Waals surface area contributed by atoms with Crippen LogP contribution >= 0.6 is 24.8 Å². The minimum absolute atomic E-state index is 0. The largest absolute Gasteiger partial charge is 0.342 e. The molecule has 0 radical (unpaired) electrons. The van der Waals surface area contributed by atoms with Crippen molar-refractivity contribution in [1.82, 2.24) is 39.5 Å². The first kappa shape index (κ1) is 24.9. The monoisotopic (exact) mass is 543 g/mol. The van der Waals surface area contributed by atoms with Crippen molar-refractivity contribution in [3.63, 3.8) is 0 Å². The van der Waals surface area contributed by atoms with Crippen molar-refractivity contribution in [2.24, 2.45) is 0 Å². The quantitative estimate of drug-likeness (QED) is 0.330. The van der Waals surface area contributed by atoms with Crippen molar-refractivity contribution < 1.29 is 13.2 Å². The molecule has 0 bridgehead atoms. The molecule has 0 spiro atoms. The first-order valence-corrected chi connectivity index (χ1v) is 11.9. The molecule has 1 atom stereocenters. The van der Waals surface area contributed by atoms with Crippen LogP contribution < -0.4 is 5.32 Å². The average molecular weight is 544 g/mol. The maximum atomic E-state index is 15.4. The van der Waals surface area contributed by atoms with Gasteiger partial charge in [-0.2, -0.15) is 22.3 Å². The Morgan fingerprint density at radius 1 is 1.16 bits per heavy atom. The van der Waals surface area contributed by atoms with Crippen LogP contribution in [0.3, 0.4) is 0 Å². The lowest BCUT2D eigenvalue weighted by atomic mass is 10.1. The van der Waals surface area contributed by atoms with Gasteiger partial charge in [0.05, 0.1) is 23.0 Å². The van der Waals surface area contributed by atoms with E-state index in [2.05, 4.69) is 35.7 Å². The Hall–Kier alpha value is -3.78. The molecule has 0 amide bonds. The molecule has 1 aliphatic rings. The van der Waals surface area contributed by atoms with Gasteiger partial charge >= 0.3 is 5.92 Å². The predicted octanol–water partition coefficient (Wildman–Crippen LogP) is 5.07. The fraction of sp³-hybridized carbons (Fsp3) is 0.217. The van der Waals surface area contributed by atoms with E-state index in [1.807, 2.05) is 23.8 Å². The van der Waals surface area contributed by atoms with E-state index in [9.17, 15) is 4.39 Å². The van der Waals surface area contributed by atoms with E-state index in [0.717, 1.165) is 23.3 Å². The van der Waals surface area contributed by atoms with Gasteiger partial charge in [-0.1, -0.05) is 23.5 Å². The van der Waals surface area contributed by atoms with Crippen LogP contribution in [0.4, 0.5) is 24.3 Å². The second-order valence-electron chi connectivity index (χ2n) is 8.48. The number of benzene rings is 1. The average Bonchev–Trinajstić information content (AvgIpc) is 3.60. The lowest BCUT2D eigenvalue weighted by Gasteiger charge is -2.27. The highest BCUT2D eigenvalue weighted by Crippen LogP contribution is 2.41. The molecule has 0 unspecified atom stereocenters. The Morgan fingerprint density at radius 3 is 2.73 bits per heavy atom. The van der Waals surface area contributed by atoms with Crippen molar-refractivity contribution in [3.05, 3.63) is 71.0 Å². The third-order valence-corrected chi connectivity index (χ3v) is 6.65. The van der Waals surface area contributed by atoms with Crippen molar-refractivity contribution >= 4 is 35.9 Å². The van der Waals surface area contributed by atoms with Gasteiger partial charge in [-0.15, -0.1) is 20.4 Å². The molecule has 1 N–H and O–H groups in total. The van der Waals surface area contributed by atoms with Crippen molar-refractivity contribution in [1.29, 1.82) is 0 Å². The molecule has 190 valence electrons. The number of fused-ring (bicyclic) bond motifs is 3. The van der Waals surface area contributed by atoms with Crippen molar-refractivity contribution in [3.8, 4) is 22.8 Å². The molecule has 5 heterocycles. The fourth-order valence-corrected chi connectivity index (χ4v) is 4.83. The van der Waals surface area contributed by atoms with Gasteiger partial charge in [0.15, 0.2) is 5.82 Å². The van der Waals surface area contributed by atoms with E-state index < -0.39 is 29.2 Å². The number of alkyl halides is 2. The zero-order valence-electron chi connectivity index (χ0n) is 19.5. The van der Waals surface area contributed by atoms with Gasteiger partial charge in [-0.25, -0.2) is 14.4 Å². The summed E-state index contributed by atoms with van der Waals surface area (Å²) in [5.74, 6) is -4.60. The van der Waals surface area contributed by atoms with Gasteiger partial charge in [-0.05, 0) is 37.6 Å². The Kier molecular flexibility index (Phi) is 6.23. The number of hydrogen-bond donors (Lipinski definition) is 1. The van der Waals surface area contributed by atoms with E-state index in [-0.39, 0.29) is 19.3 Å². The Bertz CT molecular complexity index is 1580. The zero-order valence-corrected chi connectivity index (χ0v) is 21.3. The summed E-state index contributed by atoms with van der Waals surface area (Å²) in [6.45, 7) is 4.09. The second kappa shape index (κ2) is 9.27. The number of nitrogens with zero attached hydrogens (tertiary/aromatic N) is 8. The molecule has 9 nitrogen and oxygen atoms in total. The molecular weight excluding hydrogens is 523 g/mol. The van der Waals surface area contributed by atoms with E-state index in [1.54, 1.807) is 18.6 Å². The Balaban J connectivity index is 0.00000280. The van der Waals surface area contributed by atoms with Crippen LogP contribution in [0.5, 0.6) is 0 Å². The summed E-state index contributed by atoms with van der Waals surface area (Å²) in [7, 11) is 0. The van der Waals surface area contributed by atoms with Crippen LogP contribution in [-0.2, 0) is 12.5 Å². The molecule has 0 saturated heterocycles. The summed E-state index contributed by atoms with van der Waals surface area (Å²) in [5.41, 5.74) is 3.76. The molecule has 4 aromatic heterocycles. The van der Waals surface area contributed by atoms with Gasteiger partial charge < -0.3 is 4.57 Å². The van der Waals surface area contributed by atoms with Crippen LogP contribution in [0.1, 0.15) is 29.9 Å². The zero-order chi connectivity index (χ0) is 25.0. The molecule has 1 aliphatic heterocycles. The van der Waals surface area contributed by atoms with E-state index in [1.165, 1.54) is 28.0 Å². The summed E-state index contributed by atoms with van der Waals surface area (Å²) < 4.78 is 48.5. The number of nitrogens with one attached hydrogen (secondary N) is 1. The van der Waals surface area contributed by atoms with Gasteiger partial charge in [-0.3, -0.25) is 9.88 Å². The highest BCUT2D eigenvalue weighted by molar-refractivity contribution is 7.59. The molecular formula is C23H20F3N9S2. The third kappa shape index (κ3) is 4.15. The van der Waals surface area contributed by atoms with Crippen LogP contribution in [0.25, 0.3) is 22.8 Å². The van der Waals surface area contributed by atoms with Gasteiger partial charge in [0.1, 0.15) is 11.3 Å². The van der Waals surface area contributed by atoms with Crippen LogP contribution in [0, 0.1) is 12.7 Å². The number of aromatic nitrogens is 8. The fourth-order valence-electron chi connectivity index (χ4n) is 4.40. The molecule has 37 heavy (non-hydrogen) atoms. The van der Waals surface area contributed by atoms with Gasteiger partial charge in [0.25, 0.3) is 0 Å². The summed E-state index contributed by atoms with van der Waals surface area (Å²) in [4.78, 5) is 8.93. The number of halogens is 3. The highest BCUT2D eigenvalue weighted by atomic mass is 32.1. The van der Waals surface area contributed by atoms with Crippen molar-refractivity contribution in [2.45, 2.75) is 32.4 Å². The molecule has 14 heteroatoms. The lowest BCUT2D eigenvalue weighted by Crippen LogP contribution is -2.28. The maximum Gasteiger partial charge on any atom is 0.334 e. The predicted molar refractivity (Wildman–Crippen MR) is 137 cm³/mol. The number of aryl methyl sites for hydroxylation is 1. The normalized spacial score (nSPS) is 14.6. The highest BCUT2D eigenvalue weighted by Gasteiger charge is 2.44. The third-order valence-electron chi connectivity index (χ3n) is 6.04. The Morgan fingerprint density at radius 2 is 1.97 bits per heavy atom. The molecule has 0 fully saturated rings. The number of rotatable bonds is 5. The summed E-state index contributed by atoms with van der Waals surface area (Å²) >= 11 is 1.32. The second-order valence-corrected chi connectivity index (χ2v) is 9.31. The number of anilines is 2. The standard InChI is InChI=1S/C23H18F3N9S.H2S/c1-12-8-27-21(30-22-33-28-11-36-22)29-18(12)14-7-17-19-31-32-20(35(19)13(2)9-34(17)10-14)23(25,26)15-5-3-4-6-16(15)24;/h3-8,10-11,13H,9H2,1-2H3,(H,27,29,30,33);1H2/t13-;/m0./s1. The smallest absolute Gasteiger partial charge is 0.334 e. The molecule has 6 rings (SSSR count). The lowest BCUT2D eigenvalue weighted by molar-refractivity contribution is 0.0231. The minimum atomic E-state index is -3.66. The van der Waals surface area contributed by atoms with Gasteiger partial charge in [0.2, 0.25) is 16.9 Å². The summed E-state index contributed by atoms with van der Waals surface area (Å²) in [6.07, 6.45) is 3.60. The maximum absolute atomic E-state index is 15.4.